The molecule has 1 aromatic carbocycles. The Balaban J connectivity index is 2.29. The van der Waals surface area contributed by atoms with E-state index in [0.29, 0.717) is 37.4 Å². The molecule has 2 N–H and O–H groups in total. The van der Waals surface area contributed by atoms with Gasteiger partial charge in [0.15, 0.2) is 6.10 Å². The van der Waals surface area contributed by atoms with Crippen molar-refractivity contribution in [3.05, 3.63) is 24.0 Å². The topological polar surface area (TPSA) is 125 Å². The average Bonchev–Trinajstić information content (AvgIpc) is 3.03. The number of ether oxygens (including phenoxy) is 1. The molecule has 29 heavy (non-hydrogen) atoms. The second-order valence-electron chi connectivity index (χ2n) is 6.55. The molecule has 0 saturated carbocycles. The lowest BCUT2D eigenvalue weighted by molar-refractivity contribution is -0.153. The number of nitrogens with two attached hydrogens (primary N) is 1. The zero-order valence-electron chi connectivity index (χ0n) is 17.2. The number of esters is 1. The van der Waals surface area contributed by atoms with Crippen molar-refractivity contribution < 1.29 is 22.7 Å². The summed E-state index contributed by atoms with van der Waals surface area (Å²) in [5.41, 5.74) is 6.44. The molecule has 1 aromatic heterocycles. The third-order valence-electron chi connectivity index (χ3n) is 4.72. The monoisotopic (exact) mass is 424 g/mol. The number of aryl methyl sites for hydroxylation is 2. The van der Waals surface area contributed by atoms with Crippen molar-refractivity contribution in [3.63, 3.8) is 0 Å². The molecule has 0 aliphatic rings. The van der Waals surface area contributed by atoms with E-state index in [4.69, 9.17) is 10.5 Å². The zero-order valence-corrected chi connectivity index (χ0v) is 18.0. The highest BCUT2D eigenvalue weighted by Gasteiger charge is 2.23. The highest BCUT2D eigenvalue weighted by molar-refractivity contribution is 7.89. The number of sulfonamides is 1. The number of nitrogens with zero attached hydrogens (tertiary/aromatic N) is 3. The van der Waals surface area contributed by atoms with E-state index in [1.807, 2.05) is 11.5 Å². The Hall–Kier alpha value is -2.46. The van der Waals surface area contributed by atoms with Crippen LogP contribution in [-0.2, 0) is 37.3 Å². The lowest BCUT2D eigenvalue weighted by atomic mass is 10.3. The van der Waals surface area contributed by atoms with Crippen LogP contribution in [0.1, 0.15) is 39.9 Å². The van der Waals surface area contributed by atoms with Crippen LogP contribution in [0.4, 0.5) is 0 Å². The first-order chi connectivity index (χ1) is 13.6. The fourth-order valence-electron chi connectivity index (χ4n) is 3.10. The summed E-state index contributed by atoms with van der Waals surface area (Å²) >= 11 is 0. The fraction of sp³-hybridized carbons (Fsp3) is 0.526. The molecule has 2 aromatic rings. The summed E-state index contributed by atoms with van der Waals surface area (Å²) in [6, 6.07) is 4.88. The van der Waals surface area contributed by atoms with E-state index in [0.717, 1.165) is 5.52 Å². The Kier molecular flexibility index (Phi) is 7.37. The molecule has 0 unspecified atom stereocenters. The summed E-state index contributed by atoms with van der Waals surface area (Å²) < 4.78 is 33.8. The van der Waals surface area contributed by atoms with Gasteiger partial charge in [0, 0.05) is 26.1 Å². The molecule has 1 heterocycles. The van der Waals surface area contributed by atoms with Crippen LogP contribution in [0.15, 0.2) is 23.1 Å². The molecule has 0 radical (unpaired) electrons. The minimum atomic E-state index is -3.58. The number of carbonyl (C=O) groups is 2. The van der Waals surface area contributed by atoms with Gasteiger partial charge in [0.2, 0.25) is 10.0 Å². The van der Waals surface area contributed by atoms with Gasteiger partial charge in [-0.1, -0.05) is 13.8 Å². The molecular weight excluding hydrogens is 396 g/mol. The van der Waals surface area contributed by atoms with E-state index in [9.17, 15) is 18.0 Å². The normalized spacial score (nSPS) is 13.0. The maximum atomic E-state index is 12.8. The Labute approximate surface area is 170 Å². The second-order valence-corrected chi connectivity index (χ2v) is 8.48. The SMILES string of the molecule is CCN(CC)S(=O)(=O)c1ccc2c(c1)nc(CCC(=O)O[C@H](C)C(N)=O)n2CC. The predicted octanol–water partition coefficient (Wildman–Crippen LogP) is 1.44. The first-order valence-corrected chi connectivity index (χ1v) is 11.1. The van der Waals surface area contributed by atoms with Gasteiger partial charge in [0.05, 0.1) is 22.3 Å². The van der Waals surface area contributed by atoms with E-state index in [-0.39, 0.29) is 11.3 Å². The summed E-state index contributed by atoms with van der Waals surface area (Å²) in [5, 5.41) is 0. The largest absolute Gasteiger partial charge is 0.453 e. The third kappa shape index (κ3) is 4.94. The minimum absolute atomic E-state index is 0.0333. The molecule has 0 aliphatic carbocycles. The van der Waals surface area contributed by atoms with Crippen molar-refractivity contribution in [3.8, 4) is 0 Å². The van der Waals surface area contributed by atoms with E-state index < -0.39 is 28.0 Å². The van der Waals surface area contributed by atoms with Crippen molar-refractivity contribution in [2.75, 3.05) is 13.1 Å². The standard InChI is InChI=1S/C19H28N4O5S/c1-5-22(6-2)29(26,27)14-8-9-16-15(12-14)21-17(23(16)7-3)10-11-18(24)28-13(4)19(20)25/h8-9,12-13H,5-7,10-11H2,1-4H3,(H2,20,25)/t13-/m1/s1. The molecule has 10 heteroatoms. The van der Waals surface area contributed by atoms with Crippen LogP contribution in [0.5, 0.6) is 0 Å². The number of benzene rings is 1. The Morgan fingerprint density at radius 3 is 2.45 bits per heavy atom. The number of amides is 1. The zero-order chi connectivity index (χ0) is 21.8. The number of hydrogen-bond acceptors (Lipinski definition) is 6. The average molecular weight is 425 g/mol. The Morgan fingerprint density at radius 2 is 1.90 bits per heavy atom. The summed E-state index contributed by atoms with van der Waals surface area (Å²) in [4.78, 5) is 27.7. The number of hydrogen-bond donors (Lipinski definition) is 1. The summed E-state index contributed by atoms with van der Waals surface area (Å²) in [5.74, 6) is -0.611. The minimum Gasteiger partial charge on any atom is -0.453 e. The van der Waals surface area contributed by atoms with Crippen molar-refractivity contribution >= 4 is 32.9 Å². The number of primary amides is 1. The van der Waals surface area contributed by atoms with Crippen molar-refractivity contribution in [1.29, 1.82) is 0 Å². The quantitative estimate of drug-likeness (QED) is 0.575. The number of rotatable bonds is 10. The van der Waals surface area contributed by atoms with Crippen molar-refractivity contribution in [2.45, 2.75) is 58.1 Å². The Bertz CT molecular complexity index is 995. The van der Waals surface area contributed by atoms with Gasteiger partial charge in [0.25, 0.3) is 5.91 Å². The number of imidazole rings is 1. The molecule has 2 rings (SSSR count). The van der Waals surface area contributed by atoms with Crippen LogP contribution in [-0.4, -0.2) is 53.3 Å². The van der Waals surface area contributed by atoms with Gasteiger partial charge in [-0.3, -0.25) is 9.59 Å². The van der Waals surface area contributed by atoms with Crippen molar-refractivity contribution in [2.24, 2.45) is 5.73 Å². The van der Waals surface area contributed by atoms with Gasteiger partial charge in [-0.2, -0.15) is 4.31 Å². The summed E-state index contributed by atoms with van der Waals surface area (Å²) in [7, 11) is -3.58. The molecule has 0 bridgehead atoms. The highest BCUT2D eigenvalue weighted by atomic mass is 32.2. The number of fused-ring (bicyclic) bond motifs is 1. The first-order valence-electron chi connectivity index (χ1n) is 9.63. The summed E-state index contributed by atoms with van der Waals surface area (Å²) in [6.07, 6.45) is -0.656. The molecular formula is C19H28N4O5S. The maximum Gasteiger partial charge on any atom is 0.307 e. The number of aromatic nitrogens is 2. The third-order valence-corrected chi connectivity index (χ3v) is 6.77. The molecule has 160 valence electrons. The lowest BCUT2D eigenvalue weighted by Gasteiger charge is -2.18. The second kappa shape index (κ2) is 9.36. The van der Waals surface area contributed by atoms with Crippen LogP contribution in [0.3, 0.4) is 0 Å². The summed E-state index contributed by atoms with van der Waals surface area (Å²) in [6.45, 7) is 8.33. The fourth-order valence-corrected chi connectivity index (χ4v) is 4.58. The van der Waals surface area contributed by atoms with E-state index >= 15 is 0 Å². The van der Waals surface area contributed by atoms with Gasteiger partial charge < -0.3 is 15.0 Å². The van der Waals surface area contributed by atoms with E-state index in [1.165, 1.54) is 11.2 Å². The van der Waals surface area contributed by atoms with Crippen LogP contribution < -0.4 is 5.73 Å². The molecule has 0 fully saturated rings. The molecule has 0 saturated heterocycles. The van der Waals surface area contributed by atoms with E-state index in [2.05, 4.69) is 4.98 Å². The van der Waals surface area contributed by atoms with Crippen molar-refractivity contribution in [1.82, 2.24) is 13.9 Å². The van der Waals surface area contributed by atoms with E-state index in [1.54, 1.807) is 32.0 Å². The van der Waals surface area contributed by atoms with Crippen LogP contribution in [0.25, 0.3) is 11.0 Å². The van der Waals surface area contributed by atoms with Crippen LogP contribution in [0.2, 0.25) is 0 Å². The van der Waals surface area contributed by atoms with Gasteiger partial charge in [0.1, 0.15) is 5.82 Å². The van der Waals surface area contributed by atoms with Gasteiger partial charge in [-0.05, 0) is 32.0 Å². The molecule has 0 spiro atoms. The highest BCUT2D eigenvalue weighted by Crippen LogP contribution is 2.23. The molecule has 0 aliphatic heterocycles. The molecule has 1 amide bonds. The molecule has 9 nitrogen and oxygen atoms in total. The predicted molar refractivity (Wildman–Crippen MR) is 109 cm³/mol. The van der Waals surface area contributed by atoms with Gasteiger partial charge >= 0.3 is 5.97 Å². The Morgan fingerprint density at radius 1 is 1.24 bits per heavy atom. The van der Waals surface area contributed by atoms with Crippen LogP contribution in [0, 0.1) is 0 Å². The van der Waals surface area contributed by atoms with Crippen LogP contribution >= 0.6 is 0 Å². The first kappa shape index (κ1) is 22.8. The maximum absolute atomic E-state index is 12.8. The van der Waals surface area contributed by atoms with Gasteiger partial charge in [-0.15, -0.1) is 0 Å². The van der Waals surface area contributed by atoms with Gasteiger partial charge in [-0.25, -0.2) is 13.4 Å². The molecule has 1 atom stereocenters. The lowest BCUT2D eigenvalue weighted by Crippen LogP contribution is -2.30. The smallest absolute Gasteiger partial charge is 0.307 e. The number of carbonyl (C=O) groups excluding carboxylic acids is 2.